The molecule has 0 aliphatic carbocycles. The molecular formula is C13H12INO3. The van der Waals surface area contributed by atoms with Gasteiger partial charge < -0.3 is 9.26 Å². The number of esters is 1. The molecule has 0 atom stereocenters. The Morgan fingerprint density at radius 1 is 1.39 bits per heavy atom. The number of aryl methyl sites for hydroxylation is 1. The van der Waals surface area contributed by atoms with E-state index in [0.29, 0.717) is 17.0 Å². The molecule has 94 valence electrons. The van der Waals surface area contributed by atoms with Gasteiger partial charge in [0, 0.05) is 9.13 Å². The minimum atomic E-state index is -0.429. The Balaban J connectivity index is 2.65. The number of carbonyl (C=O) groups is 1. The molecule has 5 heteroatoms. The monoisotopic (exact) mass is 357 g/mol. The average molecular weight is 357 g/mol. The van der Waals surface area contributed by atoms with Crippen molar-refractivity contribution in [3.63, 3.8) is 0 Å². The zero-order valence-corrected chi connectivity index (χ0v) is 12.4. The van der Waals surface area contributed by atoms with Crippen LogP contribution in [0.4, 0.5) is 0 Å². The van der Waals surface area contributed by atoms with Crippen LogP contribution in [0.5, 0.6) is 0 Å². The van der Waals surface area contributed by atoms with Crippen molar-refractivity contribution in [3.8, 4) is 11.3 Å². The standard InChI is InChI=1S/C13H12INO3/c1-7-9(5-4-6-10(7)14)12-11(13(16)17-3)8(2)18-15-12/h4-6H,1-3H3. The van der Waals surface area contributed by atoms with Crippen molar-refractivity contribution in [1.82, 2.24) is 5.16 Å². The molecule has 0 saturated heterocycles. The molecule has 18 heavy (non-hydrogen) atoms. The van der Waals surface area contributed by atoms with E-state index >= 15 is 0 Å². The predicted octanol–water partition coefficient (Wildman–Crippen LogP) is 3.35. The number of hydrogen-bond acceptors (Lipinski definition) is 4. The van der Waals surface area contributed by atoms with Crippen LogP contribution >= 0.6 is 22.6 Å². The van der Waals surface area contributed by atoms with Gasteiger partial charge in [-0.1, -0.05) is 17.3 Å². The summed E-state index contributed by atoms with van der Waals surface area (Å²) < 4.78 is 11.0. The number of hydrogen-bond donors (Lipinski definition) is 0. The molecule has 2 rings (SSSR count). The molecule has 0 unspecified atom stereocenters. The van der Waals surface area contributed by atoms with E-state index in [2.05, 4.69) is 27.7 Å². The lowest BCUT2D eigenvalue weighted by Gasteiger charge is -2.06. The second kappa shape index (κ2) is 5.09. The molecule has 0 N–H and O–H groups in total. The Morgan fingerprint density at radius 3 is 2.78 bits per heavy atom. The fourth-order valence-corrected chi connectivity index (χ4v) is 2.26. The number of benzene rings is 1. The molecule has 0 fully saturated rings. The largest absolute Gasteiger partial charge is 0.465 e. The van der Waals surface area contributed by atoms with Crippen molar-refractivity contribution in [2.24, 2.45) is 0 Å². The number of halogens is 1. The van der Waals surface area contributed by atoms with Gasteiger partial charge in [0.25, 0.3) is 0 Å². The van der Waals surface area contributed by atoms with Crippen molar-refractivity contribution in [2.45, 2.75) is 13.8 Å². The lowest BCUT2D eigenvalue weighted by Crippen LogP contribution is -2.04. The summed E-state index contributed by atoms with van der Waals surface area (Å²) in [5.74, 6) is 0.0390. The second-order valence-electron chi connectivity index (χ2n) is 3.87. The van der Waals surface area contributed by atoms with Gasteiger partial charge in [-0.25, -0.2) is 4.79 Å². The highest BCUT2D eigenvalue weighted by Crippen LogP contribution is 2.30. The SMILES string of the molecule is COC(=O)c1c(-c2cccc(I)c2C)noc1C. The Hall–Kier alpha value is -1.37. The lowest BCUT2D eigenvalue weighted by molar-refractivity contribution is 0.0599. The van der Waals surface area contributed by atoms with Crippen LogP contribution in [0.3, 0.4) is 0 Å². The van der Waals surface area contributed by atoms with Gasteiger partial charge in [-0.3, -0.25) is 0 Å². The molecule has 0 bridgehead atoms. The third-order valence-electron chi connectivity index (χ3n) is 2.78. The highest BCUT2D eigenvalue weighted by atomic mass is 127. The molecule has 0 amide bonds. The Bertz CT molecular complexity index is 604. The fraction of sp³-hybridized carbons (Fsp3) is 0.231. The highest BCUT2D eigenvalue weighted by Gasteiger charge is 2.23. The summed E-state index contributed by atoms with van der Waals surface area (Å²) in [6.07, 6.45) is 0. The Labute approximate surface area is 118 Å². The fourth-order valence-electron chi connectivity index (χ4n) is 1.76. The van der Waals surface area contributed by atoms with Crippen LogP contribution in [-0.4, -0.2) is 18.2 Å². The Morgan fingerprint density at radius 2 is 2.11 bits per heavy atom. The molecule has 2 aromatic rings. The normalized spacial score (nSPS) is 10.4. The topological polar surface area (TPSA) is 52.3 Å². The van der Waals surface area contributed by atoms with E-state index in [9.17, 15) is 4.79 Å². The van der Waals surface area contributed by atoms with E-state index in [1.165, 1.54) is 7.11 Å². The van der Waals surface area contributed by atoms with E-state index in [0.717, 1.165) is 14.7 Å². The molecule has 4 nitrogen and oxygen atoms in total. The summed E-state index contributed by atoms with van der Waals surface area (Å²) in [5.41, 5.74) is 2.88. The van der Waals surface area contributed by atoms with Crippen LogP contribution < -0.4 is 0 Å². The van der Waals surface area contributed by atoms with Gasteiger partial charge in [0.15, 0.2) is 0 Å². The summed E-state index contributed by atoms with van der Waals surface area (Å²) >= 11 is 2.25. The molecule has 0 aliphatic rings. The number of ether oxygens (including phenoxy) is 1. The van der Waals surface area contributed by atoms with Crippen LogP contribution in [0.15, 0.2) is 22.7 Å². The number of methoxy groups -OCH3 is 1. The van der Waals surface area contributed by atoms with Crippen molar-refractivity contribution in [2.75, 3.05) is 7.11 Å². The van der Waals surface area contributed by atoms with Crippen LogP contribution in [0.2, 0.25) is 0 Å². The minimum absolute atomic E-state index is 0.391. The molecule has 1 heterocycles. The number of carbonyl (C=O) groups excluding carboxylic acids is 1. The van der Waals surface area contributed by atoms with Gasteiger partial charge in [0.05, 0.1) is 7.11 Å². The maximum atomic E-state index is 11.8. The van der Waals surface area contributed by atoms with Crippen molar-refractivity contribution in [3.05, 3.63) is 38.7 Å². The van der Waals surface area contributed by atoms with E-state index in [-0.39, 0.29) is 0 Å². The van der Waals surface area contributed by atoms with Gasteiger partial charge in [0.2, 0.25) is 0 Å². The van der Waals surface area contributed by atoms with Gasteiger partial charge in [-0.2, -0.15) is 0 Å². The molecule has 1 aromatic carbocycles. The quantitative estimate of drug-likeness (QED) is 0.611. The average Bonchev–Trinajstić information content (AvgIpc) is 2.73. The lowest BCUT2D eigenvalue weighted by atomic mass is 10.0. The summed E-state index contributed by atoms with van der Waals surface area (Å²) in [5, 5.41) is 3.98. The molecule has 0 spiro atoms. The summed E-state index contributed by atoms with van der Waals surface area (Å²) in [4.78, 5) is 11.8. The minimum Gasteiger partial charge on any atom is -0.465 e. The molecule has 1 aromatic heterocycles. The van der Waals surface area contributed by atoms with Crippen LogP contribution in [0.1, 0.15) is 21.7 Å². The van der Waals surface area contributed by atoms with Gasteiger partial charge >= 0.3 is 5.97 Å². The summed E-state index contributed by atoms with van der Waals surface area (Å²) in [6.45, 7) is 3.69. The first-order valence-corrected chi connectivity index (χ1v) is 6.44. The van der Waals surface area contributed by atoms with Crippen molar-refractivity contribution < 1.29 is 14.1 Å². The summed E-state index contributed by atoms with van der Waals surface area (Å²) in [6, 6.07) is 5.85. The predicted molar refractivity (Wildman–Crippen MR) is 75.5 cm³/mol. The van der Waals surface area contributed by atoms with E-state index in [1.807, 2.05) is 25.1 Å². The third kappa shape index (κ3) is 2.14. The first-order valence-electron chi connectivity index (χ1n) is 5.36. The van der Waals surface area contributed by atoms with E-state index in [1.54, 1.807) is 6.92 Å². The van der Waals surface area contributed by atoms with Crippen LogP contribution in [0, 0.1) is 17.4 Å². The Kier molecular flexibility index (Phi) is 3.70. The summed E-state index contributed by atoms with van der Waals surface area (Å²) in [7, 11) is 1.35. The van der Waals surface area contributed by atoms with Crippen LogP contribution in [-0.2, 0) is 4.74 Å². The van der Waals surface area contributed by atoms with Gasteiger partial charge in [0.1, 0.15) is 17.0 Å². The second-order valence-corrected chi connectivity index (χ2v) is 5.03. The molecule has 0 saturated carbocycles. The first-order chi connectivity index (χ1) is 8.56. The van der Waals surface area contributed by atoms with Crippen LogP contribution in [0.25, 0.3) is 11.3 Å². The van der Waals surface area contributed by atoms with Crippen molar-refractivity contribution in [1.29, 1.82) is 0 Å². The number of nitrogens with zero attached hydrogens (tertiary/aromatic N) is 1. The van der Waals surface area contributed by atoms with Gasteiger partial charge in [-0.15, -0.1) is 0 Å². The maximum Gasteiger partial charge on any atom is 0.343 e. The third-order valence-corrected chi connectivity index (χ3v) is 3.94. The first kappa shape index (κ1) is 13.1. The van der Waals surface area contributed by atoms with E-state index < -0.39 is 5.97 Å². The maximum absolute atomic E-state index is 11.8. The molecule has 0 radical (unpaired) electrons. The molecular weight excluding hydrogens is 345 g/mol. The van der Waals surface area contributed by atoms with E-state index in [4.69, 9.17) is 9.26 Å². The van der Waals surface area contributed by atoms with Crippen molar-refractivity contribution >= 4 is 28.6 Å². The zero-order valence-electron chi connectivity index (χ0n) is 10.3. The highest BCUT2D eigenvalue weighted by molar-refractivity contribution is 14.1. The molecule has 0 aliphatic heterocycles. The number of rotatable bonds is 2. The zero-order chi connectivity index (χ0) is 13.3. The van der Waals surface area contributed by atoms with Gasteiger partial charge in [-0.05, 0) is 48.1 Å². The number of aromatic nitrogens is 1. The smallest absolute Gasteiger partial charge is 0.343 e.